The van der Waals surface area contributed by atoms with Crippen molar-refractivity contribution >= 4 is 11.8 Å². The van der Waals surface area contributed by atoms with Crippen molar-refractivity contribution in [2.75, 3.05) is 6.54 Å². The lowest BCUT2D eigenvalue weighted by molar-refractivity contribution is -0.132. The average Bonchev–Trinajstić information content (AvgIpc) is 2.99. The summed E-state index contributed by atoms with van der Waals surface area (Å²) in [6, 6.07) is 3.62. The summed E-state index contributed by atoms with van der Waals surface area (Å²) < 4.78 is 5.28. The van der Waals surface area contributed by atoms with Crippen LogP contribution in [0.25, 0.3) is 0 Å². The van der Waals surface area contributed by atoms with Gasteiger partial charge in [0.1, 0.15) is 5.76 Å². The smallest absolute Gasteiger partial charge is 0.222 e. The molecule has 0 bridgehead atoms. The molecule has 2 N–H and O–H groups in total. The number of primary amides is 1. The molecule has 5 heteroatoms. The highest BCUT2D eigenvalue weighted by atomic mass is 16.3. The second-order valence-corrected chi connectivity index (χ2v) is 5.63. The van der Waals surface area contributed by atoms with Gasteiger partial charge in [-0.05, 0) is 18.6 Å². The third-order valence-corrected chi connectivity index (χ3v) is 3.65. The molecule has 22 heavy (non-hydrogen) atoms. The summed E-state index contributed by atoms with van der Waals surface area (Å²) in [7, 11) is 0. The number of furan rings is 1. The Kier molecular flexibility index (Phi) is 9.03. The van der Waals surface area contributed by atoms with Gasteiger partial charge in [-0.2, -0.15) is 0 Å². The van der Waals surface area contributed by atoms with Crippen LogP contribution in [0.15, 0.2) is 22.8 Å². The zero-order valence-corrected chi connectivity index (χ0v) is 13.6. The van der Waals surface area contributed by atoms with Gasteiger partial charge in [0.2, 0.25) is 11.8 Å². The van der Waals surface area contributed by atoms with Gasteiger partial charge in [0.15, 0.2) is 0 Å². The fraction of sp³-hybridized carbons (Fsp3) is 0.647. The Morgan fingerprint density at radius 1 is 1.14 bits per heavy atom. The van der Waals surface area contributed by atoms with E-state index in [0.717, 1.165) is 18.6 Å². The molecule has 1 aromatic rings. The number of hydrogen-bond donors (Lipinski definition) is 1. The van der Waals surface area contributed by atoms with Crippen LogP contribution in [0.4, 0.5) is 0 Å². The summed E-state index contributed by atoms with van der Waals surface area (Å²) in [4.78, 5) is 24.9. The molecule has 0 fully saturated rings. The minimum Gasteiger partial charge on any atom is -0.467 e. The molecular formula is C17H28N2O3. The van der Waals surface area contributed by atoms with Crippen LogP contribution in [0.5, 0.6) is 0 Å². The zero-order chi connectivity index (χ0) is 16.2. The Balaban J connectivity index is 2.36. The normalized spacial score (nSPS) is 10.6. The summed E-state index contributed by atoms with van der Waals surface area (Å²) in [6.45, 7) is 2.94. The van der Waals surface area contributed by atoms with E-state index in [-0.39, 0.29) is 12.3 Å². The van der Waals surface area contributed by atoms with Gasteiger partial charge >= 0.3 is 0 Å². The predicted octanol–water partition coefficient (Wildman–Crippen LogP) is 3.23. The molecule has 0 aromatic carbocycles. The van der Waals surface area contributed by atoms with Crippen LogP contribution in [0, 0.1) is 0 Å². The van der Waals surface area contributed by atoms with Gasteiger partial charge in [-0.25, -0.2) is 0 Å². The van der Waals surface area contributed by atoms with Crippen LogP contribution >= 0.6 is 0 Å². The number of hydrogen-bond acceptors (Lipinski definition) is 3. The molecule has 0 saturated heterocycles. The van der Waals surface area contributed by atoms with E-state index >= 15 is 0 Å². The summed E-state index contributed by atoms with van der Waals surface area (Å²) >= 11 is 0. The molecule has 2 amide bonds. The maximum absolute atomic E-state index is 12.3. The quantitative estimate of drug-likeness (QED) is 0.602. The molecule has 0 radical (unpaired) electrons. The van der Waals surface area contributed by atoms with Gasteiger partial charge in [0.05, 0.1) is 12.8 Å². The average molecular weight is 308 g/mol. The number of unbranched alkanes of at least 4 members (excludes halogenated alkanes) is 5. The van der Waals surface area contributed by atoms with Crippen LogP contribution in [0.2, 0.25) is 0 Å². The van der Waals surface area contributed by atoms with E-state index in [9.17, 15) is 9.59 Å². The van der Waals surface area contributed by atoms with E-state index in [4.69, 9.17) is 10.2 Å². The minimum atomic E-state index is -0.392. The van der Waals surface area contributed by atoms with Crippen molar-refractivity contribution < 1.29 is 14.0 Å². The van der Waals surface area contributed by atoms with Gasteiger partial charge in [0, 0.05) is 19.4 Å². The molecule has 0 spiro atoms. The zero-order valence-electron chi connectivity index (χ0n) is 13.6. The highest BCUT2D eigenvalue weighted by molar-refractivity contribution is 5.78. The third-order valence-electron chi connectivity index (χ3n) is 3.65. The number of nitrogens with two attached hydrogens (primary N) is 1. The van der Waals surface area contributed by atoms with Crippen LogP contribution in [-0.2, 0) is 16.1 Å². The van der Waals surface area contributed by atoms with Crippen molar-refractivity contribution in [3.8, 4) is 0 Å². The summed E-state index contributed by atoms with van der Waals surface area (Å²) in [5.74, 6) is 0.394. The molecule has 1 aromatic heterocycles. The summed E-state index contributed by atoms with van der Waals surface area (Å²) in [5.41, 5.74) is 5.18. The molecule has 0 unspecified atom stereocenters. The molecule has 0 saturated carbocycles. The van der Waals surface area contributed by atoms with Crippen LogP contribution in [-0.4, -0.2) is 23.3 Å². The van der Waals surface area contributed by atoms with Gasteiger partial charge in [0.25, 0.3) is 0 Å². The monoisotopic (exact) mass is 308 g/mol. The van der Waals surface area contributed by atoms with Gasteiger partial charge in [-0.3, -0.25) is 9.59 Å². The lowest BCUT2D eigenvalue weighted by Crippen LogP contribution is -2.33. The molecule has 1 rings (SSSR count). The molecule has 0 atom stereocenters. The molecular weight excluding hydrogens is 280 g/mol. The highest BCUT2D eigenvalue weighted by Gasteiger charge is 2.15. The number of rotatable bonds is 12. The molecule has 5 nitrogen and oxygen atoms in total. The summed E-state index contributed by atoms with van der Waals surface area (Å²) in [6.07, 6.45) is 9.17. The number of amides is 2. The first-order valence-corrected chi connectivity index (χ1v) is 8.22. The second kappa shape index (κ2) is 10.9. The maximum atomic E-state index is 12.3. The first kappa shape index (κ1) is 18.3. The molecule has 124 valence electrons. The van der Waals surface area contributed by atoms with Crippen molar-refractivity contribution in [3.05, 3.63) is 24.2 Å². The Bertz CT molecular complexity index is 429. The van der Waals surface area contributed by atoms with Crippen molar-refractivity contribution in [2.24, 2.45) is 5.73 Å². The van der Waals surface area contributed by atoms with E-state index < -0.39 is 5.91 Å². The lowest BCUT2D eigenvalue weighted by atomic mass is 10.1. The number of nitrogens with zero attached hydrogens (tertiary/aromatic N) is 1. The van der Waals surface area contributed by atoms with Crippen LogP contribution in [0.3, 0.4) is 0 Å². The van der Waals surface area contributed by atoms with Crippen LogP contribution < -0.4 is 5.73 Å². The molecule has 0 aliphatic rings. The van der Waals surface area contributed by atoms with E-state index in [1.165, 1.54) is 25.7 Å². The molecule has 0 aliphatic carbocycles. The first-order chi connectivity index (χ1) is 10.6. The van der Waals surface area contributed by atoms with Crippen molar-refractivity contribution in [2.45, 2.75) is 64.8 Å². The van der Waals surface area contributed by atoms with E-state index in [1.54, 1.807) is 17.2 Å². The summed E-state index contributed by atoms with van der Waals surface area (Å²) in [5, 5.41) is 0. The topological polar surface area (TPSA) is 76.5 Å². The van der Waals surface area contributed by atoms with Crippen LogP contribution in [0.1, 0.15) is 64.1 Å². The standard InChI is InChI=1S/C17H28N2O3/c1-2-3-4-5-6-7-10-17(21)19(12-11-16(18)20)14-15-9-8-13-22-15/h8-9,13H,2-7,10-12,14H2,1H3,(H2,18,20). The number of carbonyl (C=O) groups is 2. The first-order valence-electron chi connectivity index (χ1n) is 8.22. The van der Waals surface area contributed by atoms with Crippen molar-refractivity contribution in [1.82, 2.24) is 4.90 Å². The van der Waals surface area contributed by atoms with E-state index in [0.29, 0.717) is 19.5 Å². The Hall–Kier alpha value is -1.78. The SMILES string of the molecule is CCCCCCCCC(=O)N(CCC(N)=O)Cc1ccco1. The second-order valence-electron chi connectivity index (χ2n) is 5.63. The highest BCUT2D eigenvalue weighted by Crippen LogP contribution is 2.11. The maximum Gasteiger partial charge on any atom is 0.222 e. The Labute approximate surface area is 132 Å². The largest absolute Gasteiger partial charge is 0.467 e. The third kappa shape index (κ3) is 7.86. The van der Waals surface area contributed by atoms with Gasteiger partial charge in [-0.1, -0.05) is 39.0 Å². The van der Waals surface area contributed by atoms with E-state index in [2.05, 4.69) is 6.92 Å². The van der Waals surface area contributed by atoms with Crippen molar-refractivity contribution in [1.29, 1.82) is 0 Å². The minimum absolute atomic E-state index is 0.0631. The van der Waals surface area contributed by atoms with Crippen molar-refractivity contribution in [3.63, 3.8) is 0 Å². The van der Waals surface area contributed by atoms with Gasteiger partial charge in [-0.15, -0.1) is 0 Å². The predicted molar refractivity (Wildman–Crippen MR) is 85.9 cm³/mol. The fourth-order valence-electron chi connectivity index (χ4n) is 2.34. The lowest BCUT2D eigenvalue weighted by Gasteiger charge is -2.21. The van der Waals surface area contributed by atoms with E-state index in [1.807, 2.05) is 6.07 Å². The number of carbonyl (C=O) groups excluding carboxylic acids is 2. The van der Waals surface area contributed by atoms with Gasteiger partial charge < -0.3 is 15.1 Å². The molecule has 1 heterocycles. The Morgan fingerprint density at radius 2 is 1.86 bits per heavy atom. The molecule has 0 aliphatic heterocycles. The fourth-order valence-corrected chi connectivity index (χ4v) is 2.34. The Morgan fingerprint density at radius 3 is 2.50 bits per heavy atom.